The standard InChI is InChI=1S/C27H29N5O5/c1-4-14(3)22(28)24(33)31-29-11-16-15-8-6-7-9-20(15)30-23-17(16)12-32-21(23)10-19-18(25(32)34)13-37-26(35)27(19,36)5-2/h6-11,14,22,36H,4-5,12-13,28H2,1-3H3,(H,31,33)/t14?,22?,27-/m0/s1. The van der Waals surface area contributed by atoms with Crippen LogP contribution in [0.1, 0.15) is 55.9 Å². The van der Waals surface area contributed by atoms with E-state index in [0.717, 1.165) is 17.4 Å². The number of pyridine rings is 2. The molecule has 3 atom stereocenters. The van der Waals surface area contributed by atoms with Gasteiger partial charge in [0.15, 0.2) is 5.60 Å². The van der Waals surface area contributed by atoms with Crippen molar-refractivity contribution in [2.75, 3.05) is 0 Å². The molecule has 1 aromatic carbocycles. The molecule has 1 amide bonds. The van der Waals surface area contributed by atoms with E-state index in [4.69, 9.17) is 15.5 Å². The van der Waals surface area contributed by atoms with Crippen LogP contribution in [0.15, 0.2) is 40.2 Å². The number of rotatable bonds is 6. The van der Waals surface area contributed by atoms with Gasteiger partial charge in [0.05, 0.1) is 41.3 Å². The van der Waals surface area contributed by atoms with Gasteiger partial charge in [-0.15, -0.1) is 0 Å². The first-order valence-corrected chi connectivity index (χ1v) is 12.4. The van der Waals surface area contributed by atoms with Gasteiger partial charge in [-0.2, -0.15) is 5.10 Å². The van der Waals surface area contributed by atoms with E-state index >= 15 is 0 Å². The Morgan fingerprint density at radius 3 is 2.81 bits per heavy atom. The smallest absolute Gasteiger partial charge is 0.343 e. The summed E-state index contributed by atoms with van der Waals surface area (Å²) >= 11 is 0. The third-order valence-electron chi connectivity index (χ3n) is 7.57. The van der Waals surface area contributed by atoms with E-state index in [1.165, 1.54) is 0 Å². The molecule has 0 radical (unpaired) electrons. The van der Waals surface area contributed by atoms with Crippen molar-refractivity contribution in [2.45, 2.75) is 58.4 Å². The van der Waals surface area contributed by atoms with E-state index in [1.54, 1.807) is 23.8 Å². The molecule has 10 nitrogen and oxygen atoms in total. The zero-order chi connectivity index (χ0) is 26.5. The Morgan fingerprint density at radius 2 is 2.08 bits per heavy atom. The van der Waals surface area contributed by atoms with Crippen LogP contribution in [0.3, 0.4) is 0 Å². The largest absolute Gasteiger partial charge is 0.458 e. The summed E-state index contributed by atoms with van der Waals surface area (Å²) in [5.41, 5.74) is 10.0. The highest BCUT2D eigenvalue weighted by Gasteiger charge is 2.45. The SMILES string of the molecule is CCC(C)C(N)C(=O)NN=Cc1c2c(nc3ccccc13)-c1cc3c(c(=O)n1C2)COC(=O)[C@]3(O)CC. The molecule has 0 saturated heterocycles. The average Bonchev–Trinajstić information content (AvgIpc) is 3.28. The van der Waals surface area contributed by atoms with E-state index in [1.807, 2.05) is 38.1 Å². The van der Waals surface area contributed by atoms with Gasteiger partial charge in [-0.3, -0.25) is 9.59 Å². The summed E-state index contributed by atoms with van der Waals surface area (Å²) < 4.78 is 6.71. The van der Waals surface area contributed by atoms with Gasteiger partial charge in [0.1, 0.15) is 6.61 Å². The minimum atomic E-state index is -1.90. The van der Waals surface area contributed by atoms with Crippen molar-refractivity contribution in [3.8, 4) is 11.4 Å². The minimum Gasteiger partial charge on any atom is -0.458 e. The number of aliphatic hydroxyl groups is 1. The molecular formula is C27H29N5O5. The highest BCUT2D eigenvalue weighted by Crippen LogP contribution is 2.39. The van der Waals surface area contributed by atoms with Crippen LogP contribution in [-0.4, -0.2) is 38.8 Å². The normalized spacial score (nSPS) is 19.8. The van der Waals surface area contributed by atoms with Crippen LogP contribution >= 0.6 is 0 Å². The predicted octanol–water partition coefficient (Wildman–Crippen LogP) is 1.90. The molecular weight excluding hydrogens is 474 g/mol. The fourth-order valence-electron chi connectivity index (χ4n) is 4.95. The second-order valence-electron chi connectivity index (χ2n) is 9.62. The summed E-state index contributed by atoms with van der Waals surface area (Å²) in [5, 5.41) is 16.1. The molecule has 0 fully saturated rings. The minimum absolute atomic E-state index is 0.00577. The summed E-state index contributed by atoms with van der Waals surface area (Å²) in [5.74, 6) is -1.14. The van der Waals surface area contributed by atoms with Gasteiger partial charge in [0, 0.05) is 22.1 Å². The van der Waals surface area contributed by atoms with Crippen LogP contribution in [0.4, 0.5) is 0 Å². The summed E-state index contributed by atoms with van der Waals surface area (Å²) in [6.07, 6.45) is 2.38. The van der Waals surface area contributed by atoms with Gasteiger partial charge in [0.25, 0.3) is 11.5 Å². The predicted molar refractivity (Wildman–Crippen MR) is 138 cm³/mol. The number of carbonyl (C=O) groups excluding carboxylic acids is 2. The van der Waals surface area contributed by atoms with E-state index < -0.39 is 17.6 Å². The Kier molecular flexibility index (Phi) is 6.17. The molecule has 3 aromatic rings. The number of hydrogen-bond acceptors (Lipinski definition) is 8. The Bertz CT molecular complexity index is 1530. The molecule has 5 rings (SSSR count). The van der Waals surface area contributed by atoms with Crippen molar-refractivity contribution in [2.24, 2.45) is 16.8 Å². The third-order valence-corrected chi connectivity index (χ3v) is 7.57. The average molecular weight is 504 g/mol. The summed E-state index contributed by atoms with van der Waals surface area (Å²) in [7, 11) is 0. The quantitative estimate of drug-likeness (QED) is 0.207. The molecule has 192 valence electrons. The number of hydrogen-bond donors (Lipinski definition) is 3. The molecule has 0 aliphatic carbocycles. The highest BCUT2D eigenvalue weighted by molar-refractivity contribution is 6.02. The van der Waals surface area contributed by atoms with Gasteiger partial charge in [-0.05, 0) is 24.5 Å². The lowest BCUT2D eigenvalue weighted by Crippen LogP contribution is -2.44. The van der Waals surface area contributed by atoms with Crippen molar-refractivity contribution in [1.29, 1.82) is 0 Å². The Morgan fingerprint density at radius 1 is 1.32 bits per heavy atom. The van der Waals surface area contributed by atoms with Crippen molar-refractivity contribution < 1.29 is 19.4 Å². The lowest BCUT2D eigenvalue weighted by atomic mass is 9.86. The first kappa shape index (κ1) is 24.8. The van der Waals surface area contributed by atoms with Gasteiger partial charge in [0.2, 0.25) is 0 Å². The van der Waals surface area contributed by atoms with Crippen LogP contribution < -0.4 is 16.7 Å². The zero-order valence-electron chi connectivity index (χ0n) is 20.9. The van der Waals surface area contributed by atoms with Crippen molar-refractivity contribution in [3.63, 3.8) is 0 Å². The topological polar surface area (TPSA) is 149 Å². The Balaban J connectivity index is 1.63. The number of benzene rings is 1. The number of nitrogens with one attached hydrogen (secondary N) is 1. The zero-order valence-corrected chi connectivity index (χ0v) is 20.9. The van der Waals surface area contributed by atoms with E-state index in [0.29, 0.717) is 22.5 Å². The summed E-state index contributed by atoms with van der Waals surface area (Å²) in [4.78, 5) is 43.2. The number of fused-ring (bicyclic) bond motifs is 5. The molecule has 2 aromatic heterocycles. The fourth-order valence-corrected chi connectivity index (χ4v) is 4.95. The van der Waals surface area contributed by atoms with Gasteiger partial charge >= 0.3 is 5.97 Å². The molecule has 4 heterocycles. The fraction of sp³-hybridized carbons (Fsp3) is 0.370. The first-order chi connectivity index (χ1) is 17.7. The molecule has 37 heavy (non-hydrogen) atoms. The van der Waals surface area contributed by atoms with Crippen LogP contribution in [-0.2, 0) is 33.1 Å². The third kappa shape index (κ3) is 3.84. The number of cyclic esters (lactones) is 1. The first-order valence-electron chi connectivity index (χ1n) is 12.4. The lowest BCUT2D eigenvalue weighted by Gasteiger charge is -2.31. The maximum absolute atomic E-state index is 13.5. The molecule has 0 spiro atoms. The van der Waals surface area contributed by atoms with Crippen LogP contribution in [0.25, 0.3) is 22.3 Å². The number of para-hydroxylation sites is 1. The van der Waals surface area contributed by atoms with Crippen molar-refractivity contribution in [1.82, 2.24) is 15.0 Å². The number of esters is 1. The van der Waals surface area contributed by atoms with Crippen LogP contribution in [0.2, 0.25) is 0 Å². The maximum atomic E-state index is 13.5. The second-order valence-corrected chi connectivity index (χ2v) is 9.62. The molecule has 2 unspecified atom stereocenters. The van der Waals surface area contributed by atoms with Crippen LogP contribution in [0, 0.1) is 5.92 Å². The Hall–Kier alpha value is -3.89. The lowest BCUT2D eigenvalue weighted by molar-refractivity contribution is -0.172. The number of ether oxygens (including phenoxy) is 1. The highest BCUT2D eigenvalue weighted by atomic mass is 16.6. The van der Waals surface area contributed by atoms with Gasteiger partial charge in [-0.25, -0.2) is 15.2 Å². The molecule has 0 saturated carbocycles. The van der Waals surface area contributed by atoms with Crippen molar-refractivity contribution >= 4 is 29.0 Å². The Labute approximate surface area is 213 Å². The second kappa shape index (κ2) is 9.20. The van der Waals surface area contributed by atoms with Gasteiger partial charge in [-0.1, -0.05) is 45.4 Å². The maximum Gasteiger partial charge on any atom is 0.343 e. The molecule has 4 N–H and O–H groups in total. The van der Waals surface area contributed by atoms with E-state index in [2.05, 4.69) is 10.5 Å². The monoisotopic (exact) mass is 503 g/mol. The summed E-state index contributed by atoms with van der Waals surface area (Å²) in [6, 6.07) is 8.47. The van der Waals surface area contributed by atoms with E-state index in [-0.39, 0.29) is 48.1 Å². The molecule has 0 bridgehead atoms. The number of nitrogens with two attached hydrogens (primary N) is 1. The molecule has 2 aliphatic heterocycles. The number of nitrogens with zero attached hydrogens (tertiary/aromatic N) is 3. The van der Waals surface area contributed by atoms with Gasteiger partial charge < -0.3 is 20.1 Å². The molecule has 10 heteroatoms. The van der Waals surface area contributed by atoms with Crippen molar-refractivity contribution in [3.05, 3.63) is 62.9 Å². The van der Waals surface area contributed by atoms with E-state index in [9.17, 15) is 19.5 Å². The number of aromatic nitrogens is 2. The van der Waals surface area contributed by atoms with Crippen LogP contribution in [0.5, 0.6) is 0 Å². The molecule has 2 aliphatic rings. The number of amides is 1. The number of hydrazone groups is 1. The number of carbonyl (C=O) groups is 2. The summed E-state index contributed by atoms with van der Waals surface area (Å²) in [6.45, 7) is 5.56.